The molecule has 0 radical (unpaired) electrons. The van der Waals surface area contributed by atoms with Crippen LogP contribution >= 0.6 is 15.9 Å². The van der Waals surface area contributed by atoms with Gasteiger partial charge in [0.15, 0.2) is 5.65 Å². The van der Waals surface area contributed by atoms with Crippen molar-refractivity contribution in [2.24, 2.45) is 0 Å². The fourth-order valence-corrected chi connectivity index (χ4v) is 2.67. The molecule has 0 fully saturated rings. The van der Waals surface area contributed by atoms with Crippen LogP contribution in [0.5, 0.6) is 0 Å². The summed E-state index contributed by atoms with van der Waals surface area (Å²) in [7, 11) is 0. The molecule has 4 nitrogen and oxygen atoms in total. The van der Waals surface area contributed by atoms with Crippen LogP contribution in [0.1, 0.15) is 27.7 Å². The van der Waals surface area contributed by atoms with Crippen molar-refractivity contribution in [1.29, 1.82) is 0 Å². The Morgan fingerprint density at radius 1 is 0.875 bits per heavy atom. The molecule has 4 aromatic rings. The minimum atomic E-state index is 0.738. The highest BCUT2D eigenvalue weighted by atomic mass is 79.9. The summed E-state index contributed by atoms with van der Waals surface area (Å²) in [6.45, 7) is 8.00. The summed E-state index contributed by atoms with van der Waals surface area (Å²) in [4.78, 5) is 13.3. The highest BCUT2D eigenvalue weighted by Crippen LogP contribution is 2.24. The van der Waals surface area contributed by atoms with E-state index < -0.39 is 0 Å². The molecule has 0 bridgehead atoms. The summed E-state index contributed by atoms with van der Waals surface area (Å²) < 4.78 is 2.78. The zero-order valence-corrected chi connectivity index (χ0v) is 15.9. The van der Waals surface area contributed by atoms with E-state index in [9.17, 15) is 0 Å². The SMILES string of the molecule is Brc1cnc2c(ccn2-c2ccnc3ccccc23)n1.CC.CC. The Bertz CT molecular complexity index is 926. The third-order valence-corrected chi connectivity index (χ3v) is 3.63. The summed E-state index contributed by atoms with van der Waals surface area (Å²) in [5, 5.41) is 1.09. The molecule has 0 aliphatic carbocycles. The lowest BCUT2D eigenvalue weighted by Gasteiger charge is -2.08. The van der Waals surface area contributed by atoms with Gasteiger partial charge < -0.3 is 0 Å². The van der Waals surface area contributed by atoms with Crippen LogP contribution in [-0.4, -0.2) is 19.5 Å². The number of rotatable bonds is 1. The van der Waals surface area contributed by atoms with Gasteiger partial charge >= 0.3 is 0 Å². The van der Waals surface area contributed by atoms with E-state index >= 15 is 0 Å². The maximum absolute atomic E-state index is 4.46. The van der Waals surface area contributed by atoms with Gasteiger partial charge in [-0.25, -0.2) is 9.97 Å². The smallest absolute Gasteiger partial charge is 0.163 e. The largest absolute Gasteiger partial charge is 0.299 e. The molecule has 0 saturated carbocycles. The van der Waals surface area contributed by atoms with Crippen molar-refractivity contribution in [3.05, 3.63) is 59.6 Å². The molecule has 1 aromatic carbocycles. The number of para-hydroxylation sites is 1. The second kappa shape index (κ2) is 8.55. The Morgan fingerprint density at radius 2 is 1.62 bits per heavy atom. The van der Waals surface area contributed by atoms with Gasteiger partial charge in [-0.05, 0) is 34.1 Å². The van der Waals surface area contributed by atoms with Crippen molar-refractivity contribution in [3.63, 3.8) is 0 Å². The van der Waals surface area contributed by atoms with Crippen molar-refractivity contribution in [2.75, 3.05) is 0 Å². The Morgan fingerprint density at radius 3 is 2.42 bits per heavy atom. The van der Waals surface area contributed by atoms with E-state index in [1.807, 2.05) is 75.0 Å². The summed E-state index contributed by atoms with van der Waals surface area (Å²) >= 11 is 3.34. The molecule has 3 aromatic heterocycles. The number of benzene rings is 1. The second-order valence-electron chi connectivity index (χ2n) is 4.43. The predicted octanol–water partition coefficient (Wildman–Crippen LogP) is 5.78. The first-order valence-electron chi connectivity index (χ1n) is 8.17. The van der Waals surface area contributed by atoms with Crippen molar-refractivity contribution in [1.82, 2.24) is 19.5 Å². The third kappa shape index (κ3) is 3.46. The summed E-state index contributed by atoms with van der Waals surface area (Å²) in [5.41, 5.74) is 3.73. The summed E-state index contributed by atoms with van der Waals surface area (Å²) in [5.74, 6) is 0. The quantitative estimate of drug-likeness (QED) is 0.417. The van der Waals surface area contributed by atoms with Crippen LogP contribution in [0, 0.1) is 0 Å². The number of hydrogen-bond acceptors (Lipinski definition) is 3. The van der Waals surface area contributed by atoms with Gasteiger partial charge in [0.1, 0.15) is 10.1 Å². The van der Waals surface area contributed by atoms with Crippen LogP contribution in [-0.2, 0) is 0 Å². The van der Waals surface area contributed by atoms with E-state index in [4.69, 9.17) is 0 Å². The van der Waals surface area contributed by atoms with Gasteiger partial charge in [-0.15, -0.1) is 0 Å². The van der Waals surface area contributed by atoms with Gasteiger partial charge in [0.05, 0.1) is 17.4 Å². The highest BCUT2D eigenvalue weighted by Gasteiger charge is 2.09. The molecule has 0 aliphatic rings. The minimum Gasteiger partial charge on any atom is -0.299 e. The van der Waals surface area contributed by atoms with E-state index in [1.54, 1.807) is 6.20 Å². The van der Waals surface area contributed by atoms with Gasteiger partial charge in [-0.2, -0.15) is 0 Å². The monoisotopic (exact) mass is 384 g/mol. The third-order valence-electron chi connectivity index (χ3n) is 3.24. The average molecular weight is 385 g/mol. The van der Waals surface area contributed by atoms with Crippen LogP contribution in [0.2, 0.25) is 0 Å². The first kappa shape index (κ1) is 18.1. The van der Waals surface area contributed by atoms with Gasteiger partial charge in [0.2, 0.25) is 0 Å². The molecule has 0 N–H and O–H groups in total. The maximum atomic E-state index is 4.46. The molecular formula is C19H21BrN4. The van der Waals surface area contributed by atoms with Crippen molar-refractivity contribution >= 4 is 38.0 Å². The zero-order valence-electron chi connectivity index (χ0n) is 14.4. The van der Waals surface area contributed by atoms with Crippen molar-refractivity contribution in [3.8, 4) is 5.69 Å². The Hall–Kier alpha value is -2.27. The number of aromatic nitrogens is 4. The average Bonchev–Trinajstić information content (AvgIpc) is 3.07. The fourth-order valence-electron chi connectivity index (χ4n) is 2.37. The van der Waals surface area contributed by atoms with Crippen molar-refractivity contribution in [2.45, 2.75) is 27.7 Å². The van der Waals surface area contributed by atoms with Crippen LogP contribution in [0.15, 0.2) is 59.6 Å². The molecule has 4 rings (SSSR count). The molecule has 0 aliphatic heterocycles. The van der Waals surface area contributed by atoms with Gasteiger partial charge in [-0.3, -0.25) is 9.55 Å². The zero-order chi connectivity index (χ0) is 17.5. The lowest BCUT2D eigenvalue weighted by Crippen LogP contribution is -1.96. The van der Waals surface area contributed by atoms with E-state index in [1.165, 1.54) is 0 Å². The lowest BCUT2D eigenvalue weighted by atomic mass is 10.2. The molecule has 0 unspecified atom stereocenters. The molecule has 0 atom stereocenters. The number of fused-ring (bicyclic) bond motifs is 2. The normalized spacial score (nSPS) is 9.88. The first-order valence-corrected chi connectivity index (χ1v) is 8.96. The lowest BCUT2D eigenvalue weighted by molar-refractivity contribution is 1.09. The number of nitrogens with zero attached hydrogens (tertiary/aromatic N) is 4. The van der Waals surface area contributed by atoms with Gasteiger partial charge in [-0.1, -0.05) is 45.9 Å². The molecule has 3 heterocycles. The maximum Gasteiger partial charge on any atom is 0.163 e. The van der Waals surface area contributed by atoms with Crippen LogP contribution < -0.4 is 0 Å². The highest BCUT2D eigenvalue weighted by molar-refractivity contribution is 9.10. The summed E-state index contributed by atoms with van der Waals surface area (Å²) in [6.07, 6.45) is 5.51. The van der Waals surface area contributed by atoms with Crippen LogP contribution in [0.25, 0.3) is 27.8 Å². The van der Waals surface area contributed by atoms with Gasteiger partial charge in [0.25, 0.3) is 0 Å². The van der Waals surface area contributed by atoms with Crippen LogP contribution in [0.4, 0.5) is 0 Å². The van der Waals surface area contributed by atoms with Gasteiger partial charge in [0, 0.05) is 17.8 Å². The Labute approximate surface area is 150 Å². The molecule has 0 saturated heterocycles. The molecule has 0 amide bonds. The van der Waals surface area contributed by atoms with E-state index in [0.717, 1.165) is 32.4 Å². The fraction of sp³-hybridized carbons (Fsp3) is 0.211. The van der Waals surface area contributed by atoms with E-state index in [0.29, 0.717) is 0 Å². The Kier molecular flexibility index (Phi) is 6.44. The molecule has 0 spiro atoms. The minimum absolute atomic E-state index is 0.738. The van der Waals surface area contributed by atoms with Crippen molar-refractivity contribution < 1.29 is 0 Å². The molecule has 5 heteroatoms. The van der Waals surface area contributed by atoms with Crippen LogP contribution in [0.3, 0.4) is 0 Å². The standard InChI is InChI=1S/C15H9BrN4.2C2H6/c16-14-9-18-15-12(19-14)6-8-20(15)13-5-7-17-11-4-2-1-3-10(11)13;2*1-2/h1-9H;2*1-2H3. The van der Waals surface area contributed by atoms with E-state index in [2.05, 4.69) is 36.9 Å². The molecule has 24 heavy (non-hydrogen) atoms. The number of hydrogen-bond donors (Lipinski definition) is 0. The number of halogens is 1. The Balaban J connectivity index is 0.000000487. The predicted molar refractivity (Wildman–Crippen MR) is 105 cm³/mol. The molecule has 124 valence electrons. The topological polar surface area (TPSA) is 43.6 Å². The first-order chi connectivity index (χ1) is 11.8. The second-order valence-corrected chi connectivity index (χ2v) is 5.25. The van der Waals surface area contributed by atoms with E-state index in [-0.39, 0.29) is 0 Å². The summed E-state index contributed by atoms with van der Waals surface area (Å²) in [6, 6.07) is 12.0. The molecular weight excluding hydrogens is 364 g/mol. The number of pyridine rings is 1.